The van der Waals surface area contributed by atoms with Gasteiger partial charge in [0.2, 0.25) is 0 Å². The summed E-state index contributed by atoms with van der Waals surface area (Å²) in [5, 5.41) is 4.84. The molecule has 1 unspecified atom stereocenters. The minimum Gasteiger partial charge on any atom is -0.350 e. The number of nitrogens with two attached hydrogens (primary N) is 1. The molecule has 1 atom stereocenters. The van der Waals surface area contributed by atoms with Gasteiger partial charge in [-0.15, -0.1) is 0 Å². The summed E-state index contributed by atoms with van der Waals surface area (Å²) in [6.07, 6.45) is 3.03. The fraction of sp³-hybridized carbons (Fsp3) is 0.727. The molecule has 2 N–H and O–H groups in total. The van der Waals surface area contributed by atoms with Gasteiger partial charge in [0.1, 0.15) is 0 Å². The molecule has 0 radical (unpaired) electrons. The number of hydrogen-bond acceptors (Lipinski definition) is 4. The van der Waals surface area contributed by atoms with Gasteiger partial charge in [0, 0.05) is 13.0 Å². The largest absolute Gasteiger partial charge is 0.350 e. The molecular formula is C11H18ClN3O2. The fourth-order valence-electron chi connectivity index (χ4n) is 1.99. The molecule has 6 heteroatoms. The van der Waals surface area contributed by atoms with E-state index < -0.39 is 0 Å². The zero-order valence-corrected chi connectivity index (χ0v) is 10.7. The van der Waals surface area contributed by atoms with Crippen molar-refractivity contribution < 1.29 is 9.47 Å². The van der Waals surface area contributed by atoms with E-state index in [1.807, 2.05) is 4.68 Å². The highest BCUT2D eigenvalue weighted by molar-refractivity contribution is 6.31. The molecule has 1 fully saturated rings. The van der Waals surface area contributed by atoms with Gasteiger partial charge < -0.3 is 15.2 Å². The zero-order valence-electron chi connectivity index (χ0n) is 9.93. The van der Waals surface area contributed by atoms with E-state index in [2.05, 4.69) is 12.0 Å². The molecule has 0 aromatic carbocycles. The van der Waals surface area contributed by atoms with Crippen LogP contribution >= 0.6 is 11.6 Å². The Morgan fingerprint density at radius 1 is 1.59 bits per heavy atom. The van der Waals surface area contributed by atoms with Gasteiger partial charge in [-0.25, -0.2) is 0 Å². The molecule has 0 amide bonds. The predicted octanol–water partition coefficient (Wildman–Crippen LogP) is 1.71. The van der Waals surface area contributed by atoms with E-state index in [9.17, 15) is 0 Å². The van der Waals surface area contributed by atoms with Gasteiger partial charge in [0.15, 0.2) is 6.29 Å². The van der Waals surface area contributed by atoms with Crippen LogP contribution in [0.3, 0.4) is 0 Å². The Hall–Kier alpha value is -0.620. The summed E-state index contributed by atoms with van der Waals surface area (Å²) in [4.78, 5) is 0. The van der Waals surface area contributed by atoms with E-state index in [0.29, 0.717) is 24.7 Å². The molecular weight excluding hydrogens is 242 g/mol. The molecule has 1 aliphatic rings. The lowest BCUT2D eigenvalue weighted by molar-refractivity contribution is -0.0511. The highest BCUT2D eigenvalue weighted by Crippen LogP contribution is 2.26. The highest BCUT2D eigenvalue weighted by Gasteiger charge is 2.24. The third kappa shape index (κ3) is 2.98. The number of rotatable bonds is 5. The third-order valence-corrected chi connectivity index (χ3v) is 3.05. The van der Waals surface area contributed by atoms with Crippen molar-refractivity contribution >= 4 is 11.6 Å². The Morgan fingerprint density at radius 2 is 2.29 bits per heavy atom. The van der Waals surface area contributed by atoms with Crippen molar-refractivity contribution in [3.8, 4) is 0 Å². The molecule has 1 aliphatic heterocycles. The van der Waals surface area contributed by atoms with Gasteiger partial charge in [-0.05, 0) is 6.42 Å². The number of aryl methyl sites for hydroxylation is 1. The molecule has 5 nitrogen and oxygen atoms in total. The van der Waals surface area contributed by atoms with Crippen LogP contribution < -0.4 is 5.73 Å². The Balaban J connectivity index is 2.05. The van der Waals surface area contributed by atoms with Crippen molar-refractivity contribution in [3.05, 3.63) is 16.9 Å². The molecule has 96 valence electrons. The van der Waals surface area contributed by atoms with Crippen LogP contribution in [0.15, 0.2) is 6.20 Å². The molecule has 17 heavy (non-hydrogen) atoms. The topological polar surface area (TPSA) is 62.3 Å². The predicted molar refractivity (Wildman–Crippen MR) is 64.8 cm³/mol. The first-order valence-electron chi connectivity index (χ1n) is 5.92. The summed E-state index contributed by atoms with van der Waals surface area (Å²) in [7, 11) is 0. The summed E-state index contributed by atoms with van der Waals surface area (Å²) in [5.41, 5.74) is 7.01. The van der Waals surface area contributed by atoms with E-state index in [0.717, 1.165) is 18.7 Å². The molecule has 1 aromatic rings. The van der Waals surface area contributed by atoms with Crippen molar-refractivity contribution in [3.63, 3.8) is 0 Å². The van der Waals surface area contributed by atoms with E-state index in [4.69, 9.17) is 26.8 Å². The number of halogens is 1. The molecule has 0 saturated carbocycles. The zero-order chi connectivity index (χ0) is 12.3. The SMILES string of the molecule is CCCn1ncc(Cl)c1C(N)CC1OCCO1. The maximum Gasteiger partial charge on any atom is 0.159 e. The van der Waals surface area contributed by atoms with Crippen LogP contribution in [0.4, 0.5) is 0 Å². The maximum atomic E-state index is 6.15. The second-order valence-corrected chi connectivity index (χ2v) is 4.52. The van der Waals surface area contributed by atoms with Gasteiger partial charge >= 0.3 is 0 Å². The summed E-state index contributed by atoms with van der Waals surface area (Å²) in [6.45, 7) is 4.19. The second-order valence-electron chi connectivity index (χ2n) is 4.11. The molecule has 2 rings (SSSR count). The van der Waals surface area contributed by atoms with Crippen LogP contribution in [0, 0.1) is 0 Å². The first-order chi connectivity index (χ1) is 8.22. The third-order valence-electron chi connectivity index (χ3n) is 2.76. The quantitative estimate of drug-likeness (QED) is 0.874. The van der Waals surface area contributed by atoms with Crippen molar-refractivity contribution in [1.29, 1.82) is 0 Å². The lowest BCUT2D eigenvalue weighted by Crippen LogP contribution is -2.22. The fourth-order valence-corrected chi connectivity index (χ4v) is 2.27. The summed E-state index contributed by atoms with van der Waals surface area (Å²) in [5.74, 6) is 0. The molecule has 0 aliphatic carbocycles. The average Bonchev–Trinajstić information content (AvgIpc) is 2.89. The minimum absolute atomic E-state index is 0.209. The number of ether oxygens (including phenoxy) is 2. The van der Waals surface area contributed by atoms with Crippen LogP contribution in [-0.2, 0) is 16.0 Å². The Bertz CT molecular complexity index is 364. The monoisotopic (exact) mass is 259 g/mol. The molecule has 1 aromatic heterocycles. The van der Waals surface area contributed by atoms with Crippen LogP contribution in [0.25, 0.3) is 0 Å². The first-order valence-corrected chi connectivity index (χ1v) is 6.30. The van der Waals surface area contributed by atoms with E-state index in [-0.39, 0.29) is 12.3 Å². The summed E-state index contributed by atoms with van der Waals surface area (Å²) < 4.78 is 12.6. The van der Waals surface area contributed by atoms with E-state index in [1.165, 1.54) is 0 Å². The van der Waals surface area contributed by atoms with Crippen molar-refractivity contribution in [2.75, 3.05) is 13.2 Å². The molecule has 0 bridgehead atoms. The van der Waals surface area contributed by atoms with E-state index in [1.54, 1.807) is 6.20 Å². The van der Waals surface area contributed by atoms with Crippen LogP contribution in [0.2, 0.25) is 5.02 Å². The number of aromatic nitrogens is 2. The molecule has 0 spiro atoms. The highest BCUT2D eigenvalue weighted by atomic mass is 35.5. The van der Waals surface area contributed by atoms with Gasteiger partial charge in [-0.3, -0.25) is 4.68 Å². The van der Waals surface area contributed by atoms with Gasteiger partial charge in [-0.1, -0.05) is 18.5 Å². The minimum atomic E-state index is -0.217. The van der Waals surface area contributed by atoms with Gasteiger partial charge in [-0.2, -0.15) is 5.10 Å². The summed E-state index contributed by atoms with van der Waals surface area (Å²) >= 11 is 6.12. The van der Waals surface area contributed by atoms with Crippen LogP contribution in [0.1, 0.15) is 31.5 Å². The molecule has 2 heterocycles. The lowest BCUT2D eigenvalue weighted by atomic mass is 10.1. The lowest BCUT2D eigenvalue weighted by Gasteiger charge is -2.17. The Morgan fingerprint density at radius 3 is 2.94 bits per heavy atom. The number of nitrogens with zero attached hydrogens (tertiary/aromatic N) is 2. The second kappa shape index (κ2) is 5.82. The van der Waals surface area contributed by atoms with E-state index >= 15 is 0 Å². The summed E-state index contributed by atoms with van der Waals surface area (Å²) in [6, 6.07) is -0.209. The van der Waals surface area contributed by atoms with Gasteiger partial charge in [0.05, 0.1) is 36.2 Å². The van der Waals surface area contributed by atoms with Crippen molar-refractivity contribution in [2.45, 2.75) is 38.6 Å². The van der Waals surface area contributed by atoms with Gasteiger partial charge in [0.25, 0.3) is 0 Å². The molecule has 1 saturated heterocycles. The Kier molecular flexibility index (Phi) is 4.39. The normalized spacial score (nSPS) is 18.8. The maximum absolute atomic E-state index is 6.15. The van der Waals surface area contributed by atoms with Crippen molar-refractivity contribution in [1.82, 2.24) is 9.78 Å². The van der Waals surface area contributed by atoms with Crippen LogP contribution in [0.5, 0.6) is 0 Å². The Labute approximate surface area is 106 Å². The average molecular weight is 260 g/mol. The number of hydrogen-bond donors (Lipinski definition) is 1. The standard InChI is InChI=1S/C11H18ClN3O2/c1-2-3-15-11(8(12)7-14-15)9(13)6-10-16-4-5-17-10/h7,9-10H,2-6,13H2,1H3. The smallest absolute Gasteiger partial charge is 0.159 e. The van der Waals surface area contributed by atoms with Crippen LogP contribution in [-0.4, -0.2) is 29.3 Å². The van der Waals surface area contributed by atoms with Crippen molar-refractivity contribution in [2.24, 2.45) is 5.73 Å². The first kappa shape index (κ1) is 12.8.